The van der Waals surface area contributed by atoms with Crippen molar-refractivity contribution in [3.8, 4) is 0 Å². The summed E-state index contributed by atoms with van der Waals surface area (Å²) < 4.78 is 0. The largest absolute Gasteiger partial charge is 0.481 e. The van der Waals surface area contributed by atoms with Crippen LogP contribution in [-0.2, 0) is 4.79 Å². The second kappa shape index (κ2) is 7.14. The van der Waals surface area contributed by atoms with Crippen LogP contribution in [-0.4, -0.2) is 28.7 Å². The Hall–Kier alpha value is -1.26. The standard InChI is InChI=1S/C12H24N2O3/c1-5-7-12(3,4)14-11(17)13-9(6-2)8-10(15)16/h9H,5-8H2,1-4H3,(H,15,16)(H2,13,14,17). The highest BCUT2D eigenvalue weighted by molar-refractivity contribution is 5.76. The van der Waals surface area contributed by atoms with Gasteiger partial charge in [0.1, 0.15) is 0 Å². The lowest BCUT2D eigenvalue weighted by Crippen LogP contribution is -2.51. The lowest BCUT2D eigenvalue weighted by molar-refractivity contribution is -0.137. The number of carbonyl (C=O) groups excluding carboxylic acids is 1. The van der Waals surface area contributed by atoms with E-state index in [1.807, 2.05) is 20.8 Å². The van der Waals surface area contributed by atoms with Crippen LogP contribution in [0.5, 0.6) is 0 Å². The zero-order chi connectivity index (χ0) is 13.5. The van der Waals surface area contributed by atoms with Crippen LogP contribution in [0, 0.1) is 0 Å². The highest BCUT2D eigenvalue weighted by atomic mass is 16.4. The van der Waals surface area contributed by atoms with Crippen LogP contribution < -0.4 is 10.6 Å². The molecule has 0 heterocycles. The fourth-order valence-electron chi connectivity index (χ4n) is 1.72. The van der Waals surface area contributed by atoms with Crippen LogP contribution >= 0.6 is 0 Å². The van der Waals surface area contributed by atoms with Gasteiger partial charge in [0.05, 0.1) is 6.42 Å². The van der Waals surface area contributed by atoms with Crippen molar-refractivity contribution in [2.45, 2.75) is 65.0 Å². The third-order valence-electron chi connectivity index (χ3n) is 2.58. The summed E-state index contributed by atoms with van der Waals surface area (Å²) in [4.78, 5) is 22.2. The van der Waals surface area contributed by atoms with Gasteiger partial charge in [-0.3, -0.25) is 4.79 Å². The second-order valence-corrected chi connectivity index (χ2v) is 4.94. The molecule has 0 rings (SSSR count). The molecule has 0 saturated heterocycles. The van der Waals surface area contributed by atoms with Gasteiger partial charge in [-0.05, 0) is 26.7 Å². The molecule has 5 heteroatoms. The molecule has 0 radical (unpaired) electrons. The monoisotopic (exact) mass is 244 g/mol. The minimum atomic E-state index is -0.898. The number of nitrogens with one attached hydrogen (secondary N) is 2. The number of hydrogen-bond donors (Lipinski definition) is 3. The molecule has 0 bridgehead atoms. The van der Waals surface area contributed by atoms with Crippen LogP contribution in [0.25, 0.3) is 0 Å². The molecule has 0 saturated carbocycles. The van der Waals surface area contributed by atoms with E-state index < -0.39 is 5.97 Å². The first kappa shape index (κ1) is 15.7. The van der Waals surface area contributed by atoms with E-state index in [9.17, 15) is 9.59 Å². The maximum atomic E-state index is 11.7. The molecule has 0 aromatic rings. The molecular weight excluding hydrogens is 220 g/mol. The van der Waals surface area contributed by atoms with E-state index in [-0.39, 0.29) is 24.0 Å². The fraction of sp³-hybridized carbons (Fsp3) is 0.833. The average Bonchev–Trinajstić information content (AvgIpc) is 2.14. The molecule has 17 heavy (non-hydrogen) atoms. The number of aliphatic carboxylic acids is 1. The number of carboxylic acid groups (broad SMARTS) is 1. The van der Waals surface area contributed by atoms with Gasteiger partial charge >= 0.3 is 12.0 Å². The van der Waals surface area contributed by atoms with Gasteiger partial charge in [0.15, 0.2) is 0 Å². The summed E-state index contributed by atoms with van der Waals surface area (Å²) in [5.41, 5.74) is -0.264. The summed E-state index contributed by atoms with van der Waals surface area (Å²) >= 11 is 0. The number of rotatable bonds is 7. The summed E-state index contributed by atoms with van der Waals surface area (Å²) in [6.45, 7) is 7.81. The second-order valence-electron chi connectivity index (χ2n) is 4.94. The Balaban J connectivity index is 4.19. The van der Waals surface area contributed by atoms with Crippen molar-refractivity contribution in [2.24, 2.45) is 0 Å². The van der Waals surface area contributed by atoms with Crippen LogP contribution in [0.15, 0.2) is 0 Å². The number of carboxylic acids is 1. The number of amides is 2. The van der Waals surface area contributed by atoms with E-state index in [0.29, 0.717) is 6.42 Å². The van der Waals surface area contributed by atoms with Crippen molar-refractivity contribution >= 4 is 12.0 Å². The molecule has 0 fully saturated rings. The van der Waals surface area contributed by atoms with Crippen molar-refractivity contribution in [2.75, 3.05) is 0 Å². The van der Waals surface area contributed by atoms with Crippen LogP contribution in [0.1, 0.15) is 53.4 Å². The highest BCUT2D eigenvalue weighted by Crippen LogP contribution is 2.10. The molecule has 0 spiro atoms. The number of hydrogen-bond acceptors (Lipinski definition) is 2. The number of carbonyl (C=O) groups is 2. The topological polar surface area (TPSA) is 78.4 Å². The van der Waals surface area contributed by atoms with E-state index in [4.69, 9.17) is 5.11 Å². The highest BCUT2D eigenvalue weighted by Gasteiger charge is 2.21. The maximum absolute atomic E-state index is 11.7. The summed E-state index contributed by atoms with van der Waals surface area (Å²) in [7, 11) is 0. The van der Waals surface area contributed by atoms with Gasteiger partial charge < -0.3 is 15.7 Å². The van der Waals surface area contributed by atoms with Gasteiger partial charge in [0.2, 0.25) is 0 Å². The zero-order valence-corrected chi connectivity index (χ0v) is 11.2. The Morgan fingerprint density at radius 1 is 1.29 bits per heavy atom. The first-order valence-corrected chi connectivity index (χ1v) is 6.11. The predicted molar refractivity (Wildman–Crippen MR) is 67.0 cm³/mol. The van der Waals surface area contributed by atoms with Crippen molar-refractivity contribution in [1.29, 1.82) is 0 Å². The summed E-state index contributed by atoms with van der Waals surface area (Å²) in [6.07, 6.45) is 2.43. The smallest absolute Gasteiger partial charge is 0.315 e. The first-order chi connectivity index (χ1) is 7.80. The van der Waals surface area contributed by atoms with Crippen LogP contribution in [0.3, 0.4) is 0 Å². The van der Waals surface area contributed by atoms with Crippen molar-refractivity contribution in [1.82, 2.24) is 10.6 Å². The Morgan fingerprint density at radius 2 is 1.88 bits per heavy atom. The van der Waals surface area contributed by atoms with Crippen LogP contribution in [0.2, 0.25) is 0 Å². The van der Waals surface area contributed by atoms with Gasteiger partial charge in [0.25, 0.3) is 0 Å². The van der Waals surface area contributed by atoms with E-state index in [1.54, 1.807) is 0 Å². The molecule has 2 amide bonds. The fourth-order valence-corrected chi connectivity index (χ4v) is 1.72. The normalized spacial score (nSPS) is 12.9. The molecule has 1 unspecified atom stereocenters. The van der Waals surface area contributed by atoms with E-state index in [1.165, 1.54) is 0 Å². The van der Waals surface area contributed by atoms with Crippen molar-refractivity contribution in [3.05, 3.63) is 0 Å². The minimum Gasteiger partial charge on any atom is -0.481 e. The number of urea groups is 1. The van der Waals surface area contributed by atoms with Gasteiger partial charge in [-0.2, -0.15) is 0 Å². The molecule has 0 aliphatic carbocycles. The van der Waals surface area contributed by atoms with E-state index >= 15 is 0 Å². The molecular formula is C12H24N2O3. The molecule has 1 atom stereocenters. The molecule has 0 aromatic heterocycles. The molecule has 0 aliphatic rings. The van der Waals surface area contributed by atoms with E-state index in [2.05, 4.69) is 17.6 Å². The third kappa shape index (κ3) is 7.60. The molecule has 100 valence electrons. The Kier molecular flexibility index (Phi) is 6.61. The van der Waals surface area contributed by atoms with Crippen LogP contribution in [0.4, 0.5) is 4.79 Å². The molecule has 0 aliphatic heterocycles. The third-order valence-corrected chi connectivity index (χ3v) is 2.58. The molecule has 5 nitrogen and oxygen atoms in total. The lowest BCUT2D eigenvalue weighted by Gasteiger charge is -2.27. The van der Waals surface area contributed by atoms with Gasteiger partial charge in [-0.1, -0.05) is 20.3 Å². The lowest BCUT2D eigenvalue weighted by atomic mass is 9.99. The minimum absolute atomic E-state index is 0.0435. The SMILES string of the molecule is CCCC(C)(C)NC(=O)NC(CC)CC(=O)O. The van der Waals surface area contributed by atoms with Crippen molar-refractivity contribution in [3.63, 3.8) is 0 Å². The molecule has 0 aromatic carbocycles. The predicted octanol–water partition coefficient (Wildman–Crippen LogP) is 2.12. The summed E-state index contributed by atoms with van der Waals surface area (Å²) in [5.74, 6) is -0.898. The average molecular weight is 244 g/mol. The molecule has 3 N–H and O–H groups in total. The quantitative estimate of drug-likeness (QED) is 0.642. The Labute approximate surface area is 103 Å². The summed E-state index contributed by atoms with van der Waals surface area (Å²) in [6, 6.07) is -0.610. The maximum Gasteiger partial charge on any atom is 0.315 e. The van der Waals surface area contributed by atoms with E-state index in [0.717, 1.165) is 12.8 Å². The van der Waals surface area contributed by atoms with Gasteiger partial charge in [-0.25, -0.2) is 4.79 Å². The zero-order valence-electron chi connectivity index (χ0n) is 11.2. The first-order valence-electron chi connectivity index (χ1n) is 6.11. The Bertz CT molecular complexity index is 264. The van der Waals surface area contributed by atoms with Gasteiger partial charge in [0, 0.05) is 11.6 Å². The van der Waals surface area contributed by atoms with Crippen molar-refractivity contribution < 1.29 is 14.7 Å². The summed E-state index contributed by atoms with van der Waals surface area (Å²) in [5, 5.41) is 14.2. The van der Waals surface area contributed by atoms with Gasteiger partial charge in [-0.15, -0.1) is 0 Å². The Morgan fingerprint density at radius 3 is 2.29 bits per heavy atom.